The third-order valence-corrected chi connectivity index (χ3v) is 6.21. The van der Waals surface area contributed by atoms with Crippen LogP contribution in [0.5, 0.6) is 0 Å². The van der Waals surface area contributed by atoms with E-state index in [1.165, 1.54) is 64.6 Å². The second-order valence-electron chi connectivity index (χ2n) is 10.1. The van der Waals surface area contributed by atoms with Crippen molar-refractivity contribution in [2.24, 2.45) is 5.73 Å². The Morgan fingerprint density at radius 1 is 0.732 bits per heavy atom. The van der Waals surface area contributed by atoms with Gasteiger partial charge in [0, 0.05) is 44.1 Å². The van der Waals surface area contributed by atoms with E-state index < -0.39 is 0 Å². The molecule has 3 aromatic rings. The van der Waals surface area contributed by atoms with Crippen LogP contribution in [0.15, 0.2) is 74.0 Å². The maximum Gasteiger partial charge on any atom is 0.221 e. The van der Waals surface area contributed by atoms with Crippen LogP contribution in [-0.4, -0.2) is 11.8 Å². The van der Waals surface area contributed by atoms with E-state index in [9.17, 15) is 9.59 Å². The average Bonchev–Trinajstić information content (AvgIpc) is 2.85. The maximum atomic E-state index is 10.8. The van der Waals surface area contributed by atoms with Crippen LogP contribution in [0.3, 0.4) is 0 Å². The van der Waals surface area contributed by atoms with Crippen molar-refractivity contribution in [2.45, 2.75) is 75.3 Å². The fourth-order valence-electron chi connectivity index (χ4n) is 3.30. The summed E-state index contributed by atoms with van der Waals surface area (Å²) in [7, 11) is 0. The summed E-state index contributed by atoms with van der Waals surface area (Å²) in [6, 6.07) is 19.0. The molecule has 0 aliphatic heterocycles. The van der Waals surface area contributed by atoms with Gasteiger partial charge in [-0.25, -0.2) is 0 Å². The molecule has 0 aliphatic carbocycles. The van der Waals surface area contributed by atoms with Gasteiger partial charge in [0.1, 0.15) is 0 Å². The number of hydrogen-bond donors (Lipinski definition) is 3. The Bertz CT molecular complexity index is 1300. The molecule has 0 aliphatic rings. The van der Waals surface area contributed by atoms with Gasteiger partial charge in [-0.1, -0.05) is 67.3 Å². The zero-order chi connectivity index (χ0) is 31.0. The molecule has 0 aromatic heterocycles. The van der Waals surface area contributed by atoms with E-state index >= 15 is 0 Å². The SMILES string of the molecule is C=C(NC(C)=O)c1ccc(C)c(C)c1.C=CNC(C)=O.Cc1ccc(C)c(C)c1.Cc1ccc([C@H](C)N)cc1C.[V]. The van der Waals surface area contributed by atoms with Gasteiger partial charge in [0.05, 0.1) is 0 Å². The predicted octanol–water partition coefficient (Wildman–Crippen LogP) is 7.61. The van der Waals surface area contributed by atoms with Crippen molar-refractivity contribution in [3.8, 4) is 0 Å². The summed E-state index contributed by atoms with van der Waals surface area (Å²) in [5.41, 5.74) is 17.8. The first-order chi connectivity index (χ1) is 18.6. The summed E-state index contributed by atoms with van der Waals surface area (Å²) in [6.45, 7) is 26.7. The van der Waals surface area contributed by atoms with Gasteiger partial charge in [0.2, 0.25) is 11.8 Å². The minimum atomic E-state index is -0.0896. The number of carbonyl (C=O) groups is 2. The van der Waals surface area contributed by atoms with Crippen molar-refractivity contribution < 1.29 is 28.1 Å². The van der Waals surface area contributed by atoms with Crippen molar-refractivity contribution in [3.63, 3.8) is 0 Å². The molecule has 1 atom stereocenters. The Morgan fingerprint density at radius 3 is 1.54 bits per heavy atom. The second kappa shape index (κ2) is 20.5. The maximum absolute atomic E-state index is 10.8. The van der Waals surface area contributed by atoms with Gasteiger partial charge in [-0.3, -0.25) is 9.59 Å². The van der Waals surface area contributed by atoms with Crippen molar-refractivity contribution in [2.75, 3.05) is 0 Å². The molecule has 41 heavy (non-hydrogen) atoms. The van der Waals surface area contributed by atoms with Crippen LogP contribution < -0.4 is 16.4 Å². The second-order valence-corrected chi connectivity index (χ2v) is 10.1. The number of amides is 2. The largest absolute Gasteiger partial charge is 0.334 e. The molecule has 2 amide bonds. The zero-order valence-electron chi connectivity index (χ0n) is 26.6. The summed E-state index contributed by atoms with van der Waals surface area (Å²) in [5, 5.41) is 5.01. The summed E-state index contributed by atoms with van der Waals surface area (Å²) in [6.07, 6.45) is 1.35. The van der Waals surface area contributed by atoms with E-state index in [1.54, 1.807) is 0 Å². The number of aryl methyl sites for hydroxylation is 7. The smallest absolute Gasteiger partial charge is 0.221 e. The van der Waals surface area contributed by atoms with Crippen LogP contribution in [0.2, 0.25) is 0 Å². The minimum absolute atomic E-state index is 0. The first-order valence-corrected chi connectivity index (χ1v) is 13.4. The van der Waals surface area contributed by atoms with E-state index in [-0.39, 0.29) is 36.4 Å². The molecule has 3 rings (SSSR count). The Balaban J connectivity index is 0. The number of hydrogen-bond acceptors (Lipinski definition) is 3. The van der Waals surface area contributed by atoms with E-state index in [1.807, 2.05) is 32.0 Å². The molecule has 5 nitrogen and oxygen atoms in total. The van der Waals surface area contributed by atoms with Gasteiger partial charge >= 0.3 is 0 Å². The molecule has 0 heterocycles. The third-order valence-electron chi connectivity index (χ3n) is 6.21. The van der Waals surface area contributed by atoms with Crippen molar-refractivity contribution in [1.29, 1.82) is 0 Å². The number of carbonyl (C=O) groups excluding carboxylic acids is 2. The molecule has 3 aromatic carbocycles. The normalized spacial score (nSPS) is 9.93. The van der Waals surface area contributed by atoms with Gasteiger partial charge in [-0.15, -0.1) is 0 Å². The van der Waals surface area contributed by atoms with Crippen LogP contribution in [-0.2, 0) is 28.1 Å². The van der Waals surface area contributed by atoms with E-state index in [4.69, 9.17) is 5.73 Å². The number of nitrogens with two attached hydrogens (primary N) is 1. The van der Waals surface area contributed by atoms with E-state index in [2.05, 4.69) is 102 Å². The standard InChI is InChI=1S/C12H15NO.C10H15N.C9H12.C4H7NO.V/c1-8-5-6-12(7-9(8)2)10(3)13-11(4)14;1-7-4-5-10(9(3)11)6-8(7)2;1-7-4-5-8(2)9(3)6-7;1-3-5-4(2)6;/h5-7H,3H2,1-2,4H3,(H,13,14);4-6,9H,11H2,1-3H3;4-6H,1-3H3;3H,1H2,2H3,(H,5,6);/t;9-;;;/m.0.../s1. The molecule has 0 bridgehead atoms. The first kappa shape index (κ1) is 39.8. The molecule has 0 spiro atoms. The monoisotopic (exact) mass is 594 g/mol. The number of nitrogens with one attached hydrogen (secondary N) is 2. The molecule has 1 radical (unpaired) electrons. The Labute approximate surface area is 260 Å². The molecule has 4 N–H and O–H groups in total. The van der Waals surface area contributed by atoms with Crippen molar-refractivity contribution in [1.82, 2.24) is 10.6 Å². The van der Waals surface area contributed by atoms with Gasteiger partial charge in [-0.05, 0) is 112 Å². The molecule has 6 heteroatoms. The van der Waals surface area contributed by atoms with Crippen LogP contribution in [0.25, 0.3) is 5.70 Å². The summed E-state index contributed by atoms with van der Waals surface area (Å²) >= 11 is 0. The van der Waals surface area contributed by atoms with Gasteiger partial charge in [-0.2, -0.15) is 0 Å². The van der Waals surface area contributed by atoms with Crippen LogP contribution in [0.4, 0.5) is 0 Å². The van der Waals surface area contributed by atoms with Gasteiger partial charge < -0.3 is 16.4 Å². The summed E-state index contributed by atoms with van der Waals surface area (Å²) < 4.78 is 0. The molecule has 0 unspecified atom stereocenters. The van der Waals surface area contributed by atoms with E-state index in [0.717, 1.165) is 5.56 Å². The summed E-state index contributed by atoms with van der Waals surface area (Å²) in [5.74, 6) is -0.168. The molecule has 221 valence electrons. The molecule has 0 saturated heterocycles. The topological polar surface area (TPSA) is 84.2 Å². The number of benzene rings is 3. The third kappa shape index (κ3) is 17.1. The van der Waals surface area contributed by atoms with Crippen LogP contribution >= 0.6 is 0 Å². The minimum Gasteiger partial charge on any atom is -0.334 e. The van der Waals surface area contributed by atoms with E-state index in [0.29, 0.717) is 5.70 Å². The Kier molecular flexibility index (Phi) is 19.9. The summed E-state index contributed by atoms with van der Waals surface area (Å²) in [4.78, 5) is 20.7. The average molecular weight is 595 g/mol. The van der Waals surface area contributed by atoms with Crippen LogP contribution in [0.1, 0.15) is 76.9 Å². The fourth-order valence-corrected chi connectivity index (χ4v) is 3.30. The predicted molar refractivity (Wildman–Crippen MR) is 172 cm³/mol. The molecule has 0 fully saturated rings. The zero-order valence-corrected chi connectivity index (χ0v) is 28.0. The van der Waals surface area contributed by atoms with Crippen molar-refractivity contribution in [3.05, 3.63) is 124 Å². The molecule has 0 saturated carbocycles. The molecular formula is C35H49N3O2V. The van der Waals surface area contributed by atoms with Gasteiger partial charge in [0.25, 0.3) is 0 Å². The Morgan fingerprint density at radius 2 is 1.20 bits per heavy atom. The number of rotatable bonds is 4. The quantitative estimate of drug-likeness (QED) is 0.291. The fraction of sp³-hybridized carbons (Fsp3) is 0.314. The first-order valence-electron chi connectivity index (χ1n) is 13.4. The van der Waals surface area contributed by atoms with Crippen LogP contribution in [0, 0.1) is 48.5 Å². The Hall–Kier alpha value is -3.38. The van der Waals surface area contributed by atoms with Crippen molar-refractivity contribution >= 4 is 17.5 Å². The van der Waals surface area contributed by atoms with Gasteiger partial charge in [0.15, 0.2) is 0 Å². The molecular weight excluding hydrogens is 545 g/mol.